The van der Waals surface area contributed by atoms with E-state index >= 15 is 0 Å². The van der Waals surface area contributed by atoms with Crippen molar-refractivity contribution >= 4 is 16.7 Å². The number of rotatable bonds is 4. The molecule has 0 unspecified atom stereocenters. The molecule has 1 atom stereocenters. The van der Waals surface area contributed by atoms with Crippen molar-refractivity contribution in [2.24, 2.45) is 0 Å². The number of anilines is 1. The molecule has 4 nitrogen and oxygen atoms in total. The van der Waals surface area contributed by atoms with Gasteiger partial charge < -0.3 is 10.1 Å². The van der Waals surface area contributed by atoms with Gasteiger partial charge in [-0.1, -0.05) is 36.4 Å². The van der Waals surface area contributed by atoms with E-state index in [0.717, 1.165) is 29.0 Å². The number of fused-ring (bicyclic) bond motifs is 2. The molecule has 5 rings (SSSR count). The molecule has 2 aromatic carbocycles. The summed E-state index contributed by atoms with van der Waals surface area (Å²) in [5.41, 5.74) is 3.99. The quantitative estimate of drug-likeness (QED) is 0.740. The molecule has 3 aromatic rings. The predicted molar refractivity (Wildman–Crippen MR) is 114 cm³/mol. The summed E-state index contributed by atoms with van der Waals surface area (Å²) in [6, 6.07) is 20.3. The molecule has 0 amide bonds. The van der Waals surface area contributed by atoms with Crippen molar-refractivity contribution in [3.8, 4) is 5.75 Å². The van der Waals surface area contributed by atoms with Crippen LogP contribution in [0.5, 0.6) is 5.75 Å². The second-order valence-electron chi connectivity index (χ2n) is 8.04. The SMILES string of the molecule is COc1cccc2ccc(N[C@@H]3CCCN(C4Cc5ccccc5C4)C3)nc12. The molecular weight excluding hydrogens is 346 g/mol. The minimum atomic E-state index is 0.442. The number of nitrogens with one attached hydrogen (secondary N) is 1. The van der Waals surface area contributed by atoms with Gasteiger partial charge in [0.25, 0.3) is 0 Å². The molecule has 0 bridgehead atoms. The summed E-state index contributed by atoms with van der Waals surface area (Å²) in [7, 11) is 1.70. The van der Waals surface area contributed by atoms with E-state index in [-0.39, 0.29) is 0 Å². The number of hydrogen-bond donors (Lipinski definition) is 1. The molecule has 2 heterocycles. The summed E-state index contributed by atoms with van der Waals surface area (Å²) in [6.07, 6.45) is 4.81. The maximum atomic E-state index is 5.49. The molecule has 1 saturated heterocycles. The second-order valence-corrected chi connectivity index (χ2v) is 8.04. The molecule has 2 aliphatic rings. The van der Waals surface area contributed by atoms with Gasteiger partial charge in [0.15, 0.2) is 0 Å². The Bertz CT molecular complexity index is 962. The number of methoxy groups -OCH3 is 1. The summed E-state index contributed by atoms with van der Waals surface area (Å²) in [5.74, 6) is 1.77. The van der Waals surface area contributed by atoms with Gasteiger partial charge in [0, 0.05) is 24.0 Å². The maximum absolute atomic E-state index is 5.49. The van der Waals surface area contributed by atoms with E-state index < -0.39 is 0 Å². The van der Waals surface area contributed by atoms with Crippen molar-refractivity contribution < 1.29 is 4.74 Å². The molecule has 1 aliphatic heterocycles. The van der Waals surface area contributed by atoms with Gasteiger partial charge >= 0.3 is 0 Å². The van der Waals surface area contributed by atoms with Crippen LogP contribution in [0.1, 0.15) is 24.0 Å². The van der Waals surface area contributed by atoms with E-state index in [1.54, 1.807) is 7.11 Å². The van der Waals surface area contributed by atoms with Gasteiger partial charge in [-0.3, -0.25) is 4.90 Å². The number of piperidine rings is 1. The van der Waals surface area contributed by atoms with Crippen LogP contribution >= 0.6 is 0 Å². The lowest BCUT2D eigenvalue weighted by atomic mass is 10.0. The highest BCUT2D eigenvalue weighted by Gasteiger charge is 2.30. The molecule has 28 heavy (non-hydrogen) atoms. The first-order valence-corrected chi connectivity index (χ1v) is 10.3. The lowest BCUT2D eigenvalue weighted by Crippen LogP contribution is -2.47. The zero-order valence-electron chi connectivity index (χ0n) is 16.4. The van der Waals surface area contributed by atoms with Crippen LogP contribution in [0.25, 0.3) is 10.9 Å². The minimum absolute atomic E-state index is 0.442. The van der Waals surface area contributed by atoms with E-state index in [2.05, 4.69) is 52.7 Å². The first-order chi connectivity index (χ1) is 13.8. The van der Waals surface area contributed by atoms with Crippen molar-refractivity contribution in [1.29, 1.82) is 0 Å². The number of para-hydroxylation sites is 1. The summed E-state index contributed by atoms with van der Waals surface area (Å²) < 4.78 is 5.49. The highest BCUT2D eigenvalue weighted by Crippen LogP contribution is 2.29. The average Bonchev–Trinajstić information content (AvgIpc) is 3.18. The van der Waals surface area contributed by atoms with Gasteiger partial charge in [0.05, 0.1) is 7.11 Å². The van der Waals surface area contributed by atoms with E-state index in [1.165, 1.54) is 43.4 Å². The van der Waals surface area contributed by atoms with E-state index in [4.69, 9.17) is 9.72 Å². The first kappa shape index (κ1) is 17.5. The maximum Gasteiger partial charge on any atom is 0.145 e. The number of likely N-dealkylation sites (tertiary alicyclic amines) is 1. The summed E-state index contributed by atoms with van der Waals surface area (Å²) >= 11 is 0. The molecule has 0 saturated carbocycles. The topological polar surface area (TPSA) is 37.4 Å². The Morgan fingerprint density at radius 2 is 1.82 bits per heavy atom. The molecule has 0 radical (unpaired) electrons. The van der Waals surface area contributed by atoms with Crippen LogP contribution in [0.3, 0.4) is 0 Å². The van der Waals surface area contributed by atoms with Gasteiger partial charge in [-0.05, 0) is 61.6 Å². The zero-order valence-corrected chi connectivity index (χ0v) is 16.4. The summed E-state index contributed by atoms with van der Waals surface area (Å²) in [4.78, 5) is 7.52. The van der Waals surface area contributed by atoms with Gasteiger partial charge in [0.2, 0.25) is 0 Å². The second kappa shape index (κ2) is 7.44. The predicted octanol–water partition coefficient (Wildman–Crippen LogP) is 4.29. The largest absolute Gasteiger partial charge is 0.494 e. The van der Waals surface area contributed by atoms with Crippen molar-refractivity contribution in [3.05, 3.63) is 65.7 Å². The van der Waals surface area contributed by atoms with Gasteiger partial charge in [0.1, 0.15) is 17.1 Å². The Kier molecular flexibility index (Phi) is 4.65. The van der Waals surface area contributed by atoms with Crippen molar-refractivity contribution in [2.45, 2.75) is 37.8 Å². The molecule has 144 valence electrons. The minimum Gasteiger partial charge on any atom is -0.494 e. The first-order valence-electron chi connectivity index (χ1n) is 10.3. The molecule has 4 heteroatoms. The lowest BCUT2D eigenvalue weighted by Gasteiger charge is -2.37. The van der Waals surface area contributed by atoms with Crippen molar-refractivity contribution in [2.75, 3.05) is 25.5 Å². The molecular formula is C24H27N3O. The molecule has 1 N–H and O–H groups in total. The van der Waals surface area contributed by atoms with Crippen LogP contribution in [0.15, 0.2) is 54.6 Å². The number of pyridine rings is 1. The van der Waals surface area contributed by atoms with Crippen LogP contribution < -0.4 is 10.1 Å². The number of ether oxygens (including phenoxy) is 1. The highest BCUT2D eigenvalue weighted by atomic mass is 16.5. The van der Waals surface area contributed by atoms with E-state index in [1.807, 2.05) is 12.1 Å². The monoisotopic (exact) mass is 373 g/mol. The van der Waals surface area contributed by atoms with Crippen molar-refractivity contribution in [3.63, 3.8) is 0 Å². The fourth-order valence-corrected chi connectivity index (χ4v) is 4.82. The number of hydrogen-bond acceptors (Lipinski definition) is 4. The van der Waals surface area contributed by atoms with Crippen LogP contribution in [0.4, 0.5) is 5.82 Å². The third kappa shape index (κ3) is 3.33. The Labute approximate surface area is 166 Å². The summed E-state index contributed by atoms with van der Waals surface area (Å²) in [5, 5.41) is 4.80. The highest BCUT2D eigenvalue weighted by molar-refractivity contribution is 5.85. The Balaban J connectivity index is 1.29. The fourth-order valence-electron chi connectivity index (χ4n) is 4.82. The standard InChI is InChI=1S/C24H27N3O/c1-28-22-10-4-8-17-11-12-23(26-24(17)22)25-20-9-5-13-27(16-20)21-14-18-6-2-3-7-19(18)15-21/h2-4,6-8,10-12,20-21H,5,9,13-16H2,1H3,(H,25,26)/t20-/m1/s1. The Hall–Kier alpha value is -2.59. The Morgan fingerprint density at radius 3 is 2.61 bits per heavy atom. The van der Waals surface area contributed by atoms with Gasteiger partial charge in [-0.15, -0.1) is 0 Å². The van der Waals surface area contributed by atoms with Crippen LogP contribution in [-0.4, -0.2) is 42.2 Å². The Morgan fingerprint density at radius 1 is 1.00 bits per heavy atom. The van der Waals surface area contributed by atoms with Gasteiger partial charge in [-0.25, -0.2) is 4.98 Å². The smallest absolute Gasteiger partial charge is 0.145 e. The third-order valence-corrected chi connectivity index (χ3v) is 6.25. The average molecular weight is 374 g/mol. The van der Waals surface area contributed by atoms with E-state index in [9.17, 15) is 0 Å². The van der Waals surface area contributed by atoms with Gasteiger partial charge in [-0.2, -0.15) is 0 Å². The normalized spacial score (nSPS) is 20.2. The lowest BCUT2D eigenvalue weighted by molar-refractivity contribution is 0.158. The number of benzene rings is 2. The molecule has 0 spiro atoms. The molecule has 1 aliphatic carbocycles. The van der Waals surface area contributed by atoms with Crippen LogP contribution in [0, 0.1) is 0 Å². The zero-order chi connectivity index (χ0) is 18.9. The third-order valence-electron chi connectivity index (χ3n) is 6.25. The van der Waals surface area contributed by atoms with Crippen LogP contribution in [-0.2, 0) is 12.8 Å². The molecule has 1 aromatic heterocycles. The van der Waals surface area contributed by atoms with Crippen molar-refractivity contribution in [1.82, 2.24) is 9.88 Å². The number of nitrogens with zero attached hydrogens (tertiary/aromatic N) is 2. The van der Waals surface area contributed by atoms with E-state index in [0.29, 0.717) is 12.1 Å². The fraction of sp³-hybridized carbons (Fsp3) is 0.375. The number of aromatic nitrogens is 1. The van der Waals surface area contributed by atoms with Crippen LogP contribution in [0.2, 0.25) is 0 Å². The molecule has 1 fully saturated rings. The summed E-state index contributed by atoms with van der Waals surface area (Å²) in [6.45, 7) is 2.29.